The summed E-state index contributed by atoms with van der Waals surface area (Å²) in [6.45, 7) is 4.25. The number of halogens is 2. The summed E-state index contributed by atoms with van der Waals surface area (Å²) in [5, 5.41) is 0. The second-order valence-corrected chi connectivity index (χ2v) is 10.5. The number of ether oxygens (including phenoxy) is 2. The average molecular weight is 483 g/mol. The Morgan fingerprint density at radius 2 is 1.40 bits per heavy atom. The van der Waals surface area contributed by atoms with Crippen LogP contribution in [0.5, 0.6) is 11.5 Å². The van der Waals surface area contributed by atoms with E-state index in [1.807, 2.05) is 12.1 Å². The summed E-state index contributed by atoms with van der Waals surface area (Å²) in [5.41, 5.74) is 2.34. The molecule has 2 fully saturated rings. The average Bonchev–Trinajstić information content (AvgIpc) is 2.90. The third-order valence-corrected chi connectivity index (χ3v) is 8.21. The van der Waals surface area contributed by atoms with Crippen molar-refractivity contribution in [3.05, 3.63) is 71.5 Å². The molecule has 35 heavy (non-hydrogen) atoms. The Bertz CT molecular complexity index is 953. The van der Waals surface area contributed by atoms with Gasteiger partial charge in [0.25, 0.3) is 0 Å². The van der Waals surface area contributed by atoms with Crippen molar-refractivity contribution in [1.82, 2.24) is 0 Å². The molecule has 0 N–H and O–H groups in total. The van der Waals surface area contributed by atoms with Gasteiger partial charge in [0.2, 0.25) is 11.6 Å². The maximum atomic E-state index is 14.3. The minimum atomic E-state index is -1.04. The van der Waals surface area contributed by atoms with Crippen LogP contribution in [-0.4, -0.2) is 0 Å². The molecular formula is C31H40F2O2. The van der Waals surface area contributed by atoms with E-state index in [1.54, 1.807) is 13.0 Å². The molecule has 2 aromatic rings. The Morgan fingerprint density at radius 3 is 2.03 bits per heavy atom. The van der Waals surface area contributed by atoms with E-state index < -0.39 is 11.6 Å². The Morgan fingerprint density at radius 1 is 0.800 bits per heavy atom. The maximum absolute atomic E-state index is 14.3. The zero-order valence-corrected chi connectivity index (χ0v) is 21.3. The zero-order chi connectivity index (χ0) is 24.6. The molecule has 0 heterocycles. The Hall–Kier alpha value is -2.36. The first-order chi connectivity index (χ1) is 17.1. The predicted molar refractivity (Wildman–Crippen MR) is 138 cm³/mol. The van der Waals surface area contributed by atoms with Crippen molar-refractivity contribution < 1.29 is 18.3 Å². The van der Waals surface area contributed by atoms with Crippen LogP contribution in [-0.2, 0) is 6.61 Å². The van der Waals surface area contributed by atoms with Gasteiger partial charge in [0.1, 0.15) is 6.61 Å². The van der Waals surface area contributed by atoms with E-state index in [-0.39, 0.29) is 18.1 Å². The minimum absolute atomic E-state index is 0.110. The fourth-order valence-electron chi connectivity index (χ4n) is 6.19. The van der Waals surface area contributed by atoms with Gasteiger partial charge < -0.3 is 9.47 Å². The number of rotatable bonds is 9. The van der Waals surface area contributed by atoms with E-state index in [4.69, 9.17) is 9.47 Å². The predicted octanol–water partition coefficient (Wildman–Crippen LogP) is 9.34. The van der Waals surface area contributed by atoms with Crippen molar-refractivity contribution in [3.63, 3.8) is 0 Å². The first kappa shape index (κ1) is 25.7. The van der Waals surface area contributed by atoms with Gasteiger partial charge in [-0.25, -0.2) is 0 Å². The summed E-state index contributed by atoms with van der Waals surface area (Å²) in [4.78, 5) is 0. The van der Waals surface area contributed by atoms with Crippen molar-refractivity contribution in [1.29, 1.82) is 0 Å². The monoisotopic (exact) mass is 482 g/mol. The third-order valence-electron chi connectivity index (χ3n) is 8.21. The van der Waals surface area contributed by atoms with E-state index in [1.165, 1.54) is 88.2 Å². The van der Waals surface area contributed by atoms with Crippen LogP contribution in [0.1, 0.15) is 95.1 Å². The van der Waals surface area contributed by atoms with Crippen LogP contribution in [0.4, 0.5) is 8.78 Å². The van der Waals surface area contributed by atoms with Crippen LogP contribution in [0.2, 0.25) is 0 Å². The number of hydrogen-bond donors (Lipinski definition) is 0. The zero-order valence-electron chi connectivity index (χ0n) is 21.3. The van der Waals surface area contributed by atoms with Gasteiger partial charge in [-0.2, -0.15) is 8.78 Å². The molecule has 0 amide bonds. The molecule has 4 rings (SSSR count). The second-order valence-electron chi connectivity index (χ2n) is 10.5. The van der Waals surface area contributed by atoms with Crippen LogP contribution < -0.4 is 9.47 Å². The minimum Gasteiger partial charge on any atom is -0.486 e. The van der Waals surface area contributed by atoms with Crippen molar-refractivity contribution >= 4 is 0 Å². The quantitative estimate of drug-likeness (QED) is 0.331. The lowest BCUT2D eigenvalue weighted by molar-refractivity contribution is 0.156. The SMILES string of the molecule is C/C=C/Oc1ccc(OCc2ccc(C3CCC(C4CCC(CCC)CC4)CC3)cc2)c(F)c1F. The Labute approximate surface area is 209 Å². The first-order valence-corrected chi connectivity index (χ1v) is 13.6. The topological polar surface area (TPSA) is 18.5 Å². The summed E-state index contributed by atoms with van der Waals surface area (Å²) in [6.07, 6.45) is 16.7. The normalized spacial score (nSPS) is 25.0. The molecule has 2 aliphatic rings. The molecule has 0 aromatic heterocycles. The van der Waals surface area contributed by atoms with Gasteiger partial charge in [0, 0.05) is 0 Å². The van der Waals surface area contributed by atoms with Crippen molar-refractivity contribution in [2.75, 3.05) is 0 Å². The van der Waals surface area contributed by atoms with Crippen LogP contribution in [0.15, 0.2) is 48.7 Å². The van der Waals surface area contributed by atoms with Crippen LogP contribution in [0, 0.1) is 29.4 Å². The van der Waals surface area contributed by atoms with E-state index in [0.717, 1.165) is 23.3 Å². The standard InChI is InChI=1S/C31H40F2O2/c1-3-5-22-6-10-24(11-7-22)26-14-16-27(17-15-26)25-12-8-23(9-13-25)21-35-29-19-18-28(34-20-4-2)30(32)31(29)33/h4,8-9,12-13,18-20,22,24,26-27H,3,5-7,10-11,14-17,21H2,1-2H3/b20-4+. The summed E-state index contributed by atoms with van der Waals surface area (Å²) >= 11 is 0. The molecule has 2 saturated carbocycles. The van der Waals surface area contributed by atoms with Crippen LogP contribution in [0.3, 0.4) is 0 Å². The lowest BCUT2D eigenvalue weighted by atomic mass is 9.68. The summed E-state index contributed by atoms with van der Waals surface area (Å²) < 4.78 is 39.1. The summed E-state index contributed by atoms with van der Waals surface area (Å²) in [7, 11) is 0. The molecule has 0 radical (unpaired) electrons. The lowest BCUT2D eigenvalue weighted by Gasteiger charge is -2.38. The van der Waals surface area contributed by atoms with Gasteiger partial charge in [0.15, 0.2) is 11.5 Å². The highest BCUT2D eigenvalue weighted by atomic mass is 19.2. The van der Waals surface area contributed by atoms with E-state index >= 15 is 0 Å². The van der Waals surface area contributed by atoms with Gasteiger partial charge in [-0.15, -0.1) is 0 Å². The second kappa shape index (κ2) is 12.6. The Balaban J connectivity index is 1.25. The molecule has 2 aromatic carbocycles. The molecule has 0 bridgehead atoms. The smallest absolute Gasteiger partial charge is 0.205 e. The molecule has 2 nitrogen and oxygen atoms in total. The van der Waals surface area contributed by atoms with E-state index in [2.05, 4.69) is 19.1 Å². The summed E-state index contributed by atoms with van der Waals surface area (Å²) in [6, 6.07) is 11.3. The molecule has 0 atom stereocenters. The van der Waals surface area contributed by atoms with Crippen molar-refractivity contribution in [2.45, 2.75) is 90.6 Å². The van der Waals surface area contributed by atoms with Gasteiger partial charge in [-0.1, -0.05) is 62.9 Å². The van der Waals surface area contributed by atoms with Gasteiger partial charge in [-0.3, -0.25) is 0 Å². The van der Waals surface area contributed by atoms with E-state index in [9.17, 15) is 8.78 Å². The number of allylic oxidation sites excluding steroid dienone is 1. The first-order valence-electron chi connectivity index (χ1n) is 13.6. The molecule has 2 aliphatic carbocycles. The van der Waals surface area contributed by atoms with E-state index in [0.29, 0.717) is 5.92 Å². The fourth-order valence-corrected chi connectivity index (χ4v) is 6.19. The highest BCUT2D eigenvalue weighted by Crippen LogP contribution is 2.44. The van der Waals surface area contributed by atoms with Crippen LogP contribution in [0.25, 0.3) is 0 Å². The third kappa shape index (κ3) is 6.65. The number of hydrogen-bond acceptors (Lipinski definition) is 2. The molecule has 0 spiro atoms. The fraction of sp³-hybridized carbons (Fsp3) is 0.548. The van der Waals surface area contributed by atoms with Gasteiger partial charge in [0.05, 0.1) is 6.26 Å². The van der Waals surface area contributed by atoms with Gasteiger partial charge >= 0.3 is 0 Å². The Kier molecular flexibility index (Phi) is 9.23. The van der Waals surface area contributed by atoms with Crippen LogP contribution >= 0.6 is 0 Å². The molecule has 4 heteroatoms. The number of benzene rings is 2. The van der Waals surface area contributed by atoms with Crippen molar-refractivity contribution in [2.24, 2.45) is 17.8 Å². The highest BCUT2D eigenvalue weighted by Gasteiger charge is 2.31. The largest absolute Gasteiger partial charge is 0.486 e. The maximum Gasteiger partial charge on any atom is 0.205 e. The summed E-state index contributed by atoms with van der Waals surface area (Å²) in [5.74, 6) is 1.16. The molecule has 0 unspecified atom stereocenters. The lowest BCUT2D eigenvalue weighted by Crippen LogP contribution is -2.25. The molecule has 0 saturated heterocycles. The highest BCUT2D eigenvalue weighted by molar-refractivity contribution is 5.36. The molecule has 0 aliphatic heterocycles. The van der Waals surface area contributed by atoms with Gasteiger partial charge in [-0.05, 0) is 92.4 Å². The molecular weight excluding hydrogens is 442 g/mol. The molecule has 190 valence electrons. The van der Waals surface area contributed by atoms with Crippen molar-refractivity contribution in [3.8, 4) is 11.5 Å².